The van der Waals surface area contributed by atoms with E-state index in [1.54, 1.807) is 11.0 Å². The molecule has 0 bridgehead atoms. The number of nitrogens with zero attached hydrogens (tertiary/aromatic N) is 7. The average Bonchev–Trinajstić information content (AvgIpc) is 2.92. The smallest absolute Gasteiger partial charge is 0.157 e. The third-order valence-corrected chi connectivity index (χ3v) is 3.65. The van der Waals surface area contributed by atoms with Gasteiger partial charge in [-0.05, 0) is 19.1 Å². The van der Waals surface area contributed by atoms with Crippen LogP contribution in [0.4, 0.5) is 5.69 Å². The molecule has 0 N–H and O–H groups in total. The Morgan fingerprint density at radius 1 is 1.20 bits per heavy atom. The molecule has 1 fully saturated rings. The predicted molar refractivity (Wildman–Crippen MR) is 73.7 cm³/mol. The van der Waals surface area contributed by atoms with Crippen molar-refractivity contribution in [3.05, 3.63) is 36.3 Å². The van der Waals surface area contributed by atoms with Crippen LogP contribution in [0.15, 0.2) is 24.7 Å². The zero-order chi connectivity index (χ0) is 13.7. The molecule has 0 aromatic carbocycles. The SMILES string of the molecule is Cc1nc2ccc(N3CC(c4ncn(C)n4)C3)cn2n1. The van der Waals surface area contributed by atoms with Crippen molar-refractivity contribution in [3.8, 4) is 0 Å². The lowest BCUT2D eigenvalue weighted by molar-refractivity contribution is 0.497. The molecule has 4 rings (SSSR count). The minimum absolute atomic E-state index is 0.421. The fraction of sp³-hybridized carbons (Fsp3) is 0.385. The van der Waals surface area contributed by atoms with Crippen LogP contribution in [0.1, 0.15) is 17.6 Å². The predicted octanol–water partition coefficient (Wildman–Crippen LogP) is 0.770. The highest BCUT2D eigenvalue weighted by Crippen LogP contribution is 2.29. The number of aryl methyl sites for hydroxylation is 2. The van der Waals surface area contributed by atoms with Gasteiger partial charge >= 0.3 is 0 Å². The fourth-order valence-electron chi connectivity index (χ4n) is 2.57. The van der Waals surface area contributed by atoms with E-state index in [1.165, 1.54) is 0 Å². The van der Waals surface area contributed by atoms with Gasteiger partial charge in [0.2, 0.25) is 0 Å². The summed E-state index contributed by atoms with van der Waals surface area (Å²) in [7, 11) is 1.90. The van der Waals surface area contributed by atoms with Crippen molar-refractivity contribution in [2.75, 3.05) is 18.0 Å². The van der Waals surface area contributed by atoms with Crippen molar-refractivity contribution in [2.24, 2.45) is 7.05 Å². The summed E-state index contributed by atoms with van der Waals surface area (Å²) in [6.07, 6.45) is 3.78. The largest absolute Gasteiger partial charge is 0.369 e. The molecule has 0 radical (unpaired) electrons. The van der Waals surface area contributed by atoms with E-state index in [0.29, 0.717) is 5.92 Å². The maximum Gasteiger partial charge on any atom is 0.157 e. The fourth-order valence-corrected chi connectivity index (χ4v) is 2.57. The highest BCUT2D eigenvalue weighted by atomic mass is 15.3. The molecule has 3 aromatic rings. The lowest BCUT2D eigenvalue weighted by Gasteiger charge is -2.39. The highest BCUT2D eigenvalue weighted by molar-refractivity contribution is 5.53. The Balaban J connectivity index is 1.54. The molecule has 7 nitrogen and oxygen atoms in total. The van der Waals surface area contributed by atoms with Gasteiger partial charge < -0.3 is 4.90 Å². The summed E-state index contributed by atoms with van der Waals surface area (Å²) in [6, 6.07) is 4.09. The van der Waals surface area contributed by atoms with Gasteiger partial charge in [-0.25, -0.2) is 14.5 Å². The number of aromatic nitrogens is 6. The van der Waals surface area contributed by atoms with Gasteiger partial charge in [0.15, 0.2) is 11.5 Å². The maximum absolute atomic E-state index is 4.37. The molecule has 7 heteroatoms. The highest BCUT2D eigenvalue weighted by Gasteiger charge is 2.31. The molecule has 1 saturated heterocycles. The summed E-state index contributed by atoms with van der Waals surface area (Å²) < 4.78 is 3.58. The van der Waals surface area contributed by atoms with Gasteiger partial charge in [-0.3, -0.25) is 4.68 Å². The van der Waals surface area contributed by atoms with Crippen molar-refractivity contribution in [1.82, 2.24) is 29.4 Å². The van der Waals surface area contributed by atoms with Gasteiger partial charge in [0, 0.05) is 20.1 Å². The zero-order valence-electron chi connectivity index (χ0n) is 11.4. The Labute approximate surface area is 115 Å². The maximum atomic E-state index is 4.37. The molecule has 20 heavy (non-hydrogen) atoms. The Kier molecular flexibility index (Phi) is 2.29. The van der Waals surface area contributed by atoms with E-state index in [2.05, 4.69) is 31.1 Å². The summed E-state index contributed by atoms with van der Waals surface area (Å²) in [6.45, 7) is 3.80. The molecule has 0 saturated carbocycles. The third kappa shape index (κ3) is 1.74. The van der Waals surface area contributed by atoms with Crippen LogP contribution in [0, 0.1) is 6.92 Å². The van der Waals surface area contributed by atoms with Gasteiger partial charge in [0.1, 0.15) is 12.2 Å². The minimum atomic E-state index is 0.421. The van der Waals surface area contributed by atoms with E-state index in [9.17, 15) is 0 Å². The van der Waals surface area contributed by atoms with Crippen molar-refractivity contribution in [1.29, 1.82) is 0 Å². The lowest BCUT2D eigenvalue weighted by atomic mass is 9.99. The summed E-state index contributed by atoms with van der Waals surface area (Å²) in [5.41, 5.74) is 2.05. The number of hydrogen-bond donors (Lipinski definition) is 0. The second-order valence-corrected chi connectivity index (χ2v) is 5.23. The van der Waals surface area contributed by atoms with E-state index in [0.717, 1.165) is 36.1 Å². The zero-order valence-corrected chi connectivity index (χ0v) is 11.4. The number of pyridine rings is 1. The number of hydrogen-bond acceptors (Lipinski definition) is 5. The topological polar surface area (TPSA) is 64.1 Å². The van der Waals surface area contributed by atoms with Crippen LogP contribution in [-0.2, 0) is 7.05 Å². The van der Waals surface area contributed by atoms with Crippen LogP contribution in [0.3, 0.4) is 0 Å². The summed E-state index contributed by atoms with van der Waals surface area (Å²) in [5.74, 6) is 2.15. The van der Waals surface area contributed by atoms with Crippen LogP contribution in [0.5, 0.6) is 0 Å². The first-order chi connectivity index (χ1) is 9.69. The van der Waals surface area contributed by atoms with E-state index in [4.69, 9.17) is 0 Å². The van der Waals surface area contributed by atoms with Gasteiger partial charge in [0.25, 0.3) is 0 Å². The van der Waals surface area contributed by atoms with Gasteiger partial charge in [-0.1, -0.05) is 0 Å². The van der Waals surface area contributed by atoms with Crippen molar-refractivity contribution in [2.45, 2.75) is 12.8 Å². The Morgan fingerprint density at radius 3 is 2.80 bits per heavy atom. The summed E-state index contributed by atoms with van der Waals surface area (Å²) in [4.78, 5) is 11.0. The van der Waals surface area contributed by atoms with Crippen molar-refractivity contribution in [3.63, 3.8) is 0 Å². The Morgan fingerprint density at radius 2 is 2.05 bits per heavy atom. The van der Waals surface area contributed by atoms with Crippen LogP contribution in [0.2, 0.25) is 0 Å². The van der Waals surface area contributed by atoms with E-state index < -0.39 is 0 Å². The van der Waals surface area contributed by atoms with Gasteiger partial charge in [-0.15, -0.1) is 0 Å². The second-order valence-electron chi connectivity index (χ2n) is 5.23. The van der Waals surface area contributed by atoms with Gasteiger partial charge in [0.05, 0.1) is 17.8 Å². The van der Waals surface area contributed by atoms with E-state index in [1.807, 2.05) is 30.8 Å². The Bertz CT molecular complexity index is 766. The normalized spacial score (nSPS) is 15.8. The average molecular weight is 269 g/mol. The first-order valence-electron chi connectivity index (χ1n) is 6.62. The number of fused-ring (bicyclic) bond motifs is 1. The standard InChI is InChI=1S/C13H15N7/c1-9-15-12-4-3-11(7-20(12)16-9)19-5-10(6-19)13-14-8-18(2)17-13/h3-4,7-8,10H,5-6H2,1-2H3. The molecule has 1 aliphatic heterocycles. The second kappa shape index (κ2) is 4.03. The number of rotatable bonds is 2. The molecule has 102 valence electrons. The third-order valence-electron chi connectivity index (χ3n) is 3.65. The minimum Gasteiger partial charge on any atom is -0.369 e. The molecule has 1 aliphatic rings. The van der Waals surface area contributed by atoms with Crippen LogP contribution in [-0.4, -0.2) is 42.5 Å². The molecular weight excluding hydrogens is 254 g/mol. The lowest BCUT2D eigenvalue weighted by Crippen LogP contribution is -2.45. The first kappa shape index (κ1) is 11.4. The molecule has 4 heterocycles. The summed E-state index contributed by atoms with van der Waals surface area (Å²) >= 11 is 0. The van der Waals surface area contributed by atoms with Crippen LogP contribution >= 0.6 is 0 Å². The number of anilines is 1. The van der Waals surface area contributed by atoms with Gasteiger partial charge in [-0.2, -0.15) is 10.2 Å². The quantitative estimate of drug-likeness (QED) is 0.687. The van der Waals surface area contributed by atoms with E-state index in [-0.39, 0.29) is 0 Å². The molecular formula is C13H15N7. The molecule has 3 aromatic heterocycles. The monoisotopic (exact) mass is 269 g/mol. The van der Waals surface area contributed by atoms with Crippen molar-refractivity contribution < 1.29 is 0 Å². The van der Waals surface area contributed by atoms with Crippen molar-refractivity contribution >= 4 is 11.3 Å². The van der Waals surface area contributed by atoms with E-state index >= 15 is 0 Å². The molecule has 0 aliphatic carbocycles. The molecule has 0 unspecified atom stereocenters. The van der Waals surface area contributed by atoms with Crippen LogP contribution < -0.4 is 4.90 Å². The molecule has 0 spiro atoms. The molecule has 0 amide bonds. The first-order valence-corrected chi connectivity index (χ1v) is 6.62. The summed E-state index contributed by atoms with van der Waals surface area (Å²) in [5, 5.41) is 8.71. The molecule has 0 atom stereocenters. The Hall–Kier alpha value is -2.44. The van der Waals surface area contributed by atoms with Crippen LogP contribution in [0.25, 0.3) is 5.65 Å².